The topological polar surface area (TPSA) is 38.7 Å². The number of aromatic nitrogens is 3. The van der Waals surface area contributed by atoms with E-state index in [1.165, 1.54) is 32.5 Å². The van der Waals surface area contributed by atoms with Gasteiger partial charge in [-0.1, -0.05) is 170 Å². The maximum atomic E-state index is 5.40. The van der Waals surface area contributed by atoms with Crippen LogP contribution in [0.4, 0.5) is 0 Å². The van der Waals surface area contributed by atoms with E-state index in [0.717, 1.165) is 61.2 Å². The summed E-state index contributed by atoms with van der Waals surface area (Å²) in [5.74, 6) is 0.688. The van der Waals surface area contributed by atoms with E-state index in [9.17, 15) is 0 Å². The summed E-state index contributed by atoms with van der Waals surface area (Å²) < 4.78 is 0. The lowest BCUT2D eigenvalue weighted by Gasteiger charge is -2.16. The number of rotatable bonds is 5. The normalized spacial score (nSPS) is 11.5. The highest BCUT2D eigenvalue weighted by atomic mass is 14.9. The van der Waals surface area contributed by atoms with Gasteiger partial charge in [0.25, 0.3) is 0 Å². The first-order valence-electron chi connectivity index (χ1n) is 17.6. The van der Waals surface area contributed by atoms with Gasteiger partial charge in [0.2, 0.25) is 0 Å². The largest absolute Gasteiger partial charge is 0.247 e. The number of fused-ring (bicyclic) bond motifs is 8. The van der Waals surface area contributed by atoms with Crippen molar-refractivity contribution in [3.05, 3.63) is 188 Å². The van der Waals surface area contributed by atoms with Crippen LogP contribution in [-0.2, 0) is 0 Å². The van der Waals surface area contributed by atoms with Crippen molar-refractivity contribution < 1.29 is 0 Å². The van der Waals surface area contributed by atoms with E-state index in [1.54, 1.807) is 0 Å². The predicted molar refractivity (Wildman–Crippen MR) is 217 cm³/mol. The Morgan fingerprint density at radius 3 is 1.44 bits per heavy atom. The highest BCUT2D eigenvalue weighted by molar-refractivity contribution is 6.33. The molecule has 0 fully saturated rings. The zero-order chi connectivity index (χ0) is 34.4. The second kappa shape index (κ2) is 12.4. The number of pyridine rings is 1. The van der Waals surface area contributed by atoms with Crippen molar-refractivity contribution in [1.29, 1.82) is 0 Å². The second-order valence-corrected chi connectivity index (χ2v) is 13.2. The van der Waals surface area contributed by atoms with Gasteiger partial charge in [0.05, 0.1) is 22.6 Å². The second-order valence-electron chi connectivity index (χ2n) is 13.2. The van der Waals surface area contributed by atoms with Crippen molar-refractivity contribution in [2.75, 3.05) is 0 Å². The molecular weight excluding hydrogens is 631 g/mol. The lowest BCUT2D eigenvalue weighted by Crippen LogP contribution is -1.97. The van der Waals surface area contributed by atoms with E-state index in [1.807, 2.05) is 12.1 Å². The lowest BCUT2D eigenvalue weighted by molar-refractivity contribution is 1.18. The molecule has 3 nitrogen and oxygen atoms in total. The Labute approximate surface area is 301 Å². The molecule has 0 atom stereocenters. The summed E-state index contributed by atoms with van der Waals surface area (Å²) in [4.78, 5) is 15.7. The van der Waals surface area contributed by atoms with Gasteiger partial charge in [-0.25, -0.2) is 15.0 Å². The first kappa shape index (κ1) is 29.9. The molecule has 0 aliphatic rings. The van der Waals surface area contributed by atoms with Crippen molar-refractivity contribution in [3.8, 4) is 56.3 Å². The van der Waals surface area contributed by atoms with Gasteiger partial charge in [-0.2, -0.15) is 0 Å². The van der Waals surface area contributed by atoms with Crippen LogP contribution in [-0.4, -0.2) is 15.0 Å². The van der Waals surface area contributed by atoms with Crippen molar-refractivity contribution in [2.45, 2.75) is 0 Å². The molecule has 242 valence electrons. The zero-order valence-corrected chi connectivity index (χ0v) is 28.2. The Balaban J connectivity index is 1.18. The monoisotopic (exact) mass is 661 g/mol. The Hall–Kier alpha value is -6.97. The van der Waals surface area contributed by atoms with Gasteiger partial charge in [-0.15, -0.1) is 0 Å². The quantitative estimate of drug-likeness (QED) is 0.172. The fourth-order valence-corrected chi connectivity index (χ4v) is 7.58. The van der Waals surface area contributed by atoms with Crippen molar-refractivity contribution in [1.82, 2.24) is 15.0 Å². The Morgan fingerprint density at radius 1 is 0.269 bits per heavy atom. The SMILES string of the molecule is c1ccc(-c2ccc(-c3nc(-c4ccccc4)cc(-c4cccc(-c5nc6ccccc6c6c7ccccc7c7ccccc7c56)c4)n3)cc2)cc1. The van der Waals surface area contributed by atoms with E-state index in [0.29, 0.717) is 5.82 Å². The average Bonchev–Trinajstić information content (AvgIpc) is 3.24. The molecule has 8 aromatic carbocycles. The summed E-state index contributed by atoms with van der Waals surface area (Å²) in [7, 11) is 0. The smallest absolute Gasteiger partial charge is 0.160 e. The molecule has 0 unspecified atom stereocenters. The maximum absolute atomic E-state index is 5.40. The molecule has 52 heavy (non-hydrogen) atoms. The highest BCUT2D eigenvalue weighted by Crippen LogP contribution is 2.43. The molecule has 0 N–H and O–H groups in total. The van der Waals surface area contributed by atoms with E-state index in [-0.39, 0.29) is 0 Å². The van der Waals surface area contributed by atoms with Crippen LogP contribution in [0.3, 0.4) is 0 Å². The van der Waals surface area contributed by atoms with E-state index < -0.39 is 0 Å². The van der Waals surface area contributed by atoms with Crippen molar-refractivity contribution in [2.24, 2.45) is 0 Å². The first-order chi connectivity index (χ1) is 25.8. The molecule has 10 rings (SSSR count). The van der Waals surface area contributed by atoms with Gasteiger partial charge in [0.15, 0.2) is 5.82 Å². The minimum Gasteiger partial charge on any atom is -0.247 e. The first-order valence-corrected chi connectivity index (χ1v) is 17.6. The Morgan fingerprint density at radius 2 is 0.750 bits per heavy atom. The molecule has 0 aliphatic carbocycles. The Bertz CT molecular complexity index is 2930. The highest BCUT2D eigenvalue weighted by Gasteiger charge is 2.18. The van der Waals surface area contributed by atoms with Crippen LogP contribution < -0.4 is 0 Å². The van der Waals surface area contributed by atoms with Crippen LogP contribution in [0.25, 0.3) is 99.5 Å². The molecule has 2 aromatic heterocycles. The van der Waals surface area contributed by atoms with Crippen molar-refractivity contribution >= 4 is 43.2 Å². The van der Waals surface area contributed by atoms with Crippen LogP contribution in [0.2, 0.25) is 0 Å². The van der Waals surface area contributed by atoms with Crippen molar-refractivity contribution in [3.63, 3.8) is 0 Å². The fraction of sp³-hybridized carbons (Fsp3) is 0. The van der Waals surface area contributed by atoms with Gasteiger partial charge >= 0.3 is 0 Å². The Kier molecular flexibility index (Phi) is 7.14. The molecule has 0 aliphatic heterocycles. The summed E-state index contributed by atoms with van der Waals surface area (Å²) >= 11 is 0. The number of nitrogens with zero attached hydrogens (tertiary/aromatic N) is 3. The fourth-order valence-electron chi connectivity index (χ4n) is 7.58. The molecule has 0 amide bonds. The molecule has 0 saturated heterocycles. The van der Waals surface area contributed by atoms with Gasteiger partial charge in [-0.3, -0.25) is 0 Å². The van der Waals surface area contributed by atoms with E-state index >= 15 is 0 Å². The molecule has 0 spiro atoms. The summed E-state index contributed by atoms with van der Waals surface area (Å²) in [6, 6.07) is 66.1. The molecular formula is C49H31N3. The molecule has 10 aromatic rings. The van der Waals surface area contributed by atoms with Gasteiger partial charge in [0.1, 0.15) is 0 Å². The summed E-state index contributed by atoms with van der Waals surface area (Å²) in [5.41, 5.74) is 10.1. The summed E-state index contributed by atoms with van der Waals surface area (Å²) in [6.07, 6.45) is 0. The number of hydrogen-bond acceptors (Lipinski definition) is 3. The molecule has 2 heterocycles. The van der Waals surface area contributed by atoms with Crippen LogP contribution in [0.15, 0.2) is 188 Å². The van der Waals surface area contributed by atoms with E-state index in [4.69, 9.17) is 15.0 Å². The number of hydrogen-bond donors (Lipinski definition) is 0. The molecule has 0 bridgehead atoms. The molecule has 0 radical (unpaired) electrons. The van der Waals surface area contributed by atoms with Crippen LogP contribution >= 0.6 is 0 Å². The van der Waals surface area contributed by atoms with E-state index in [2.05, 4.69) is 176 Å². The average molecular weight is 662 g/mol. The number of benzene rings is 8. The minimum absolute atomic E-state index is 0.688. The molecule has 0 saturated carbocycles. The molecule has 3 heteroatoms. The predicted octanol–water partition coefficient (Wildman–Crippen LogP) is 12.8. The summed E-state index contributed by atoms with van der Waals surface area (Å²) in [5, 5.41) is 8.46. The number of para-hydroxylation sites is 1. The third kappa shape index (κ3) is 5.10. The minimum atomic E-state index is 0.688. The van der Waals surface area contributed by atoms with Gasteiger partial charge in [0, 0.05) is 38.4 Å². The third-order valence-electron chi connectivity index (χ3n) is 10.1. The lowest BCUT2D eigenvalue weighted by atomic mass is 9.89. The van der Waals surface area contributed by atoms with Gasteiger partial charge in [-0.05, 0) is 50.9 Å². The third-order valence-corrected chi connectivity index (χ3v) is 10.1. The van der Waals surface area contributed by atoms with Crippen LogP contribution in [0, 0.1) is 0 Å². The standard InChI is InChI=1S/C49H31N3/c1-3-14-32(15-4-1)33-26-28-35(29-27-33)49-51-44(34-16-5-2-6-17-34)31-45(52-49)36-18-13-19-37(30-36)48-47-41-23-10-8-21-39(41)38-20-7-9-22-40(38)46(47)42-24-11-12-25-43(42)50-48/h1-31H. The van der Waals surface area contributed by atoms with Crippen LogP contribution in [0.1, 0.15) is 0 Å². The van der Waals surface area contributed by atoms with Crippen LogP contribution in [0.5, 0.6) is 0 Å². The van der Waals surface area contributed by atoms with Gasteiger partial charge < -0.3 is 0 Å². The zero-order valence-electron chi connectivity index (χ0n) is 28.2. The maximum Gasteiger partial charge on any atom is 0.160 e. The summed E-state index contributed by atoms with van der Waals surface area (Å²) in [6.45, 7) is 0.